The van der Waals surface area contributed by atoms with Crippen molar-refractivity contribution in [3.05, 3.63) is 45.0 Å². The minimum absolute atomic E-state index is 0.117. The van der Waals surface area contributed by atoms with E-state index in [2.05, 4.69) is 4.99 Å². The van der Waals surface area contributed by atoms with Crippen LogP contribution in [-0.2, 0) is 26.6 Å². The molecule has 0 radical (unpaired) electrons. The lowest BCUT2D eigenvalue weighted by Gasteiger charge is -2.31. The first kappa shape index (κ1) is 24.1. The molecular weight excluding hydrogens is 506 g/mol. The molecule has 0 N–H and O–H groups in total. The molecular formula is C21H22ClN3O5S3. The number of piperidine rings is 1. The Balaban J connectivity index is 1.68. The minimum Gasteiger partial charge on any atom is -0.462 e. The maximum atomic E-state index is 13.2. The molecule has 0 aliphatic carbocycles. The van der Waals surface area contributed by atoms with Crippen LogP contribution < -0.4 is 4.80 Å². The Hall–Kier alpha value is -2.05. The second kappa shape index (κ2) is 9.67. The minimum atomic E-state index is -3.85. The van der Waals surface area contributed by atoms with Crippen LogP contribution in [0.5, 0.6) is 0 Å². The Kier molecular flexibility index (Phi) is 7.06. The monoisotopic (exact) mass is 527 g/mol. The van der Waals surface area contributed by atoms with Crippen LogP contribution in [-0.4, -0.2) is 48.4 Å². The van der Waals surface area contributed by atoms with Crippen molar-refractivity contribution in [3.63, 3.8) is 0 Å². The highest BCUT2D eigenvalue weighted by atomic mass is 35.5. The van der Waals surface area contributed by atoms with Crippen LogP contribution in [0.4, 0.5) is 0 Å². The van der Waals surface area contributed by atoms with Gasteiger partial charge in [-0.05, 0) is 50.1 Å². The first-order chi connectivity index (χ1) is 15.7. The van der Waals surface area contributed by atoms with Crippen molar-refractivity contribution in [2.45, 2.75) is 36.4 Å². The van der Waals surface area contributed by atoms with Crippen molar-refractivity contribution in [3.8, 4) is 0 Å². The summed E-state index contributed by atoms with van der Waals surface area (Å²) in [6.45, 7) is 2.28. The summed E-state index contributed by atoms with van der Waals surface area (Å²) >= 11 is 8.17. The molecule has 1 aliphatic rings. The van der Waals surface area contributed by atoms with E-state index < -0.39 is 27.9 Å². The number of carbonyl (C=O) groups excluding carboxylic acids is 2. The summed E-state index contributed by atoms with van der Waals surface area (Å²) in [6.07, 6.45) is 1.82. The number of aryl methyl sites for hydroxylation is 1. The molecule has 0 saturated carbocycles. The predicted molar refractivity (Wildman–Crippen MR) is 128 cm³/mol. The number of thiophene rings is 1. The molecule has 2 aromatic heterocycles. The van der Waals surface area contributed by atoms with Gasteiger partial charge in [-0.25, -0.2) is 13.2 Å². The number of carbonyl (C=O) groups is 2. The lowest BCUT2D eigenvalue weighted by molar-refractivity contribution is -0.122. The summed E-state index contributed by atoms with van der Waals surface area (Å²) < 4.78 is 35.7. The summed E-state index contributed by atoms with van der Waals surface area (Å²) in [6, 6.07) is 7.28. The number of ether oxygens (including phenoxy) is 1. The summed E-state index contributed by atoms with van der Waals surface area (Å²) in [7, 11) is -2.08. The lowest BCUT2D eigenvalue weighted by atomic mass is 10.0. The standard InChI is InChI=1S/C21H22ClN3O5S3/c1-3-30-20(27)13-7-8-14-16(12-13)31-21(24(14)2)23-19(26)15-6-4-5-11-25(15)33(28,29)18-10-9-17(22)32-18/h7-10,12,15H,3-6,11H2,1-2H3. The summed E-state index contributed by atoms with van der Waals surface area (Å²) in [5.74, 6) is -0.921. The van der Waals surface area contributed by atoms with Crippen LogP contribution in [0.2, 0.25) is 4.34 Å². The maximum Gasteiger partial charge on any atom is 0.338 e. The molecule has 33 heavy (non-hydrogen) atoms. The Bertz CT molecular complexity index is 1390. The summed E-state index contributed by atoms with van der Waals surface area (Å²) in [5, 5.41) is 0. The highest BCUT2D eigenvalue weighted by molar-refractivity contribution is 7.91. The second-order valence-electron chi connectivity index (χ2n) is 7.48. The van der Waals surface area contributed by atoms with Crippen molar-refractivity contribution < 1.29 is 22.7 Å². The number of sulfonamides is 1. The number of hydrogen-bond donors (Lipinski definition) is 0. The van der Waals surface area contributed by atoms with Gasteiger partial charge in [-0.3, -0.25) is 4.79 Å². The number of nitrogens with zero attached hydrogens (tertiary/aromatic N) is 3. The lowest BCUT2D eigenvalue weighted by Crippen LogP contribution is -2.47. The van der Waals surface area contributed by atoms with Gasteiger partial charge < -0.3 is 9.30 Å². The van der Waals surface area contributed by atoms with Crippen molar-refractivity contribution in [2.75, 3.05) is 13.2 Å². The fraction of sp³-hybridized carbons (Fsp3) is 0.381. The van der Waals surface area contributed by atoms with Crippen molar-refractivity contribution >= 4 is 66.4 Å². The van der Waals surface area contributed by atoms with E-state index in [9.17, 15) is 18.0 Å². The molecule has 3 aromatic rings. The van der Waals surface area contributed by atoms with Gasteiger partial charge in [-0.1, -0.05) is 29.4 Å². The van der Waals surface area contributed by atoms with Gasteiger partial charge in [-0.15, -0.1) is 11.3 Å². The van der Waals surface area contributed by atoms with E-state index in [0.29, 0.717) is 27.5 Å². The van der Waals surface area contributed by atoms with Crippen LogP contribution >= 0.6 is 34.3 Å². The molecule has 176 valence electrons. The molecule has 1 unspecified atom stereocenters. The van der Waals surface area contributed by atoms with E-state index in [4.69, 9.17) is 16.3 Å². The zero-order chi connectivity index (χ0) is 23.8. The van der Waals surface area contributed by atoms with Crippen molar-refractivity contribution in [1.82, 2.24) is 8.87 Å². The SMILES string of the molecule is CCOC(=O)c1ccc2c(c1)sc(=NC(=O)C1CCCCN1S(=O)(=O)c1ccc(Cl)s1)n2C. The van der Waals surface area contributed by atoms with E-state index in [1.807, 2.05) is 0 Å². The van der Waals surface area contributed by atoms with Crippen LogP contribution in [0, 0.1) is 0 Å². The molecule has 1 fully saturated rings. The Labute approximate surface area is 204 Å². The largest absolute Gasteiger partial charge is 0.462 e. The number of thiazole rings is 1. The Morgan fingerprint density at radius 1 is 1.21 bits per heavy atom. The maximum absolute atomic E-state index is 13.2. The molecule has 4 rings (SSSR count). The normalized spacial score (nSPS) is 18.0. The zero-order valence-corrected chi connectivity index (χ0v) is 21.2. The highest BCUT2D eigenvalue weighted by Crippen LogP contribution is 2.32. The number of halogens is 1. The zero-order valence-electron chi connectivity index (χ0n) is 18.0. The molecule has 12 heteroatoms. The molecule has 1 aromatic carbocycles. The quantitative estimate of drug-likeness (QED) is 0.470. The molecule has 0 spiro atoms. The number of rotatable bonds is 5. The fourth-order valence-electron chi connectivity index (χ4n) is 3.74. The third kappa shape index (κ3) is 4.78. The van der Waals surface area contributed by atoms with Gasteiger partial charge in [-0.2, -0.15) is 9.30 Å². The fourth-order valence-corrected chi connectivity index (χ4v) is 8.07. The molecule has 8 nitrogen and oxygen atoms in total. The van der Waals surface area contributed by atoms with Gasteiger partial charge in [0.15, 0.2) is 4.80 Å². The molecule has 1 aliphatic heterocycles. The number of aromatic nitrogens is 1. The van der Waals surface area contributed by atoms with E-state index in [-0.39, 0.29) is 17.4 Å². The first-order valence-corrected chi connectivity index (χ1v) is 13.8. The average molecular weight is 528 g/mol. The Morgan fingerprint density at radius 2 is 2.00 bits per heavy atom. The molecule has 3 heterocycles. The highest BCUT2D eigenvalue weighted by Gasteiger charge is 2.38. The number of benzene rings is 1. The third-order valence-electron chi connectivity index (χ3n) is 5.38. The molecule has 1 atom stereocenters. The number of esters is 1. The third-order valence-corrected chi connectivity index (χ3v) is 10.1. The predicted octanol–water partition coefficient (Wildman–Crippen LogP) is 3.80. The first-order valence-electron chi connectivity index (χ1n) is 10.3. The van der Waals surface area contributed by atoms with Gasteiger partial charge in [0.2, 0.25) is 0 Å². The molecule has 1 saturated heterocycles. The van der Waals surface area contributed by atoms with E-state index >= 15 is 0 Å². The van der Waals surface area contributed by atoms with Crippen molar-refractivity contribution in [2.24, 2.45) is 12.0 Å². The van der Waals surface area contributed by atoms with Crippen LogP contribution in [0.1, 0.15) is 36.5 Å². The average Bonchev–Trinajstić information content (AvgIpc) is 3.37. The summed E-state index contributed by atoms with van der Waals surface area (Å²) in [5.41, 5.74) is 1.23. The van der Waals surface area contributed by atoms with Gasteiger partial charge >= 0.3 is 5.97 Å². The van der Waals surface area contributed by atoms with Gasteiger partial charge in [0.1, 0.15) is 10.3 Å². The van der Waals surface area contributed by atoms with E-state index in [1.54, 1.807) is 36.7 Å². The van der Waals surface area contributed by atoms with E-state index in [1.165, 1.54) is 27.8 Å². The van der Waals surface area contributed by atoms with Crippen molar-refractivity contribution in [1.29, 1.82) is 0 Å². The second-order valence-corrected chi connectivity index (χ2v) is 12.3. The number of fused-ring (bicyclic) bond motifs is 1. The van der Waals surface area contributed by atoms with Gasteiger partial charge in [0.25, 0.3) is 15.9 Å². The van der Waals surface area contributed by atoms with Gasteiger partial charge in [0, 0.05) is 13.6 Å². The smallest absolute Gasteiger partial charge is 0.338 e. The number of hydrogen-bond acceptors (Lipinski definition) is 7. The van der Waals surface area contributed by atoms with Crippen LogP contribution in [0.15, 0.2) is 39.5 Å². The Morgan fingerprint density at radius 3 is 2.70 bits per heavy atom. The van der Waals surface area contributed by atoms with Crippen LogP contribution in [0.25, 0.3) is 10.2 Å². The summed E-state index contributed by atoms with van der Waals surface area (Å²) in [4.78, 5) is 29.9. The van der Waals surface area contributed by atoms with Crippen LogP contribution in [0.3, 0.4) is 0 Å². The topological polar surface area (TPSA) is 98.0 Å². The molecule has 1 amide bonds. The van der Waals surface area contributed by atoms with E-state index in [0.717, 1.165) is 28.0 Å². The van der Waals surface area contributed by atoms with Gasteiger partial charge in [0.05, 0.1) is 26.7 Å². The molecule has 0 bridgehead atoms. The number of amides is 1.